The molecule has 3 aromatic rings. The molecule has 30 heavy (non-hydrogen) atoms. The van der Waals surface area contributed by atoms with Gasteiger partial charge in [-0.1, -0.05) is 49.2 Å². The highest BCUT2D eigenvalue weighted by molar-refractivity contribution is 5.49. The Hall–Kier alpha value is -3.87. The lowest BCUT2D eigenvalue weighted by atomic mass is 10.1. The molecule has 0 amide bonds. The Morgan fingerprint density at radius 3 is 1.57 bits per heavy atom. The average molecular weight is 395 g/mol. The molecule has 3 rings (SSSR count). The van der Waals surface area contributed by atoms with Gasteiger partial charge in [0.15, 0.2) is 0 Å². The first-order valence-corrected chi connectivity index (χ1v) is 9.71. The molecule has 3 aromatic carbocycles. The second kappa shape index (κ2) is 10.1. The molecular weight excluding hydrogens is 376 g/mol. The molecule has 0 spiro atoms. The van der Waals surface area contributed by atoms with Crippen LogP contribution in [0.4, 0.5) is 8.78 Å². The fourth-order valence-corrected chi connectivity index (χ4v) is 2.81. The molecule has 0 saturated heterocycles. The summed E-state index contributed by atoms with van der Waals surface area (Å²) in [5.74, 6) is 10.0. The summed E-state index contributed by atoms with van der Waals surface area (Å²) in [5.41, 5.74) is 3.42. The van der Waals surface area contributed by atoms with E-state index in [1.165, 1.54) is 24.5 Å². The molecule has 0 aliphatic rings. The Morgan fingerprint density at radius 1 is 0.700 bits per heavy atom. The SMILES string of the molecule is CCCCc1ccc(C#Cc2ccc(C#Cc3cc(F)c(C#N)c(F)c3)cc2)cc1. The van der Waals surface area contributed by atoms with E-state index >= 15 is 0 Å². The van der Waals surface area contributed by atoms with Crippen molar-refractivity contribution in [3.63, 3.8) is 0 Å². The lowest BCUT2D eigenvalue weighted by Gasteiger charge is -1.99. The lowest BCUT2D eigenvalue weighted by molar-refractivity contribution is 0.576. The molecule has 1 nitrogen and oxygen atoms in total. The zero-order valence-corrected chi connectivity index (χ0v) is 16.6. The summed E-state index contributed by atoms with van der Waals surface area (Å²) in [6.45, 7) is 2.18. The third kappa shape index (κ3) is 5.57. The minimum atomic E-state index is -0.911. The van der Waals surface area contributed by atoms with Gasteiger partial charge in [-0.05, 0) is 66.9 Å². The van der Waals surface area contributed by atoms with Crippen LogP contribution in [-0.2, 0) is 6.42 Å². The van der Waals surface area contributed by atoms with Crippen LogP contribution in [-0.4, -0.2) is 0 Å². The van der Waals surface area contributed by atoms with Gasteiger partial charge in [0.25, 0.3) is 0 Å². The van der Waals surface area contributed by atoms with E-state index in [-0.39, 0.29) is 5.56 Å². The number of nitrogens with zero attached hydrogens (tertiary/aromatic N) is 1. The van der Waals surface area contributed by atoms with E-state index in [1.807, 2.05) is 24.3 Å². The van der Waals surface area contributed by atoms with Crippen LogP contribution in [0, 0.1) is 46.6 Å². The molecule has 0 fully saturated rings. The minimum absolute atomic E-state index is 0.176. The molecule has 3 heteroatoms. The van der Waals surface area contributed by atoms with Crippen molar-refractivity contribution in [1.29, 1.82) is 5.26 Å². The Morgan fingerprint density at radius 2 is 1.13 bits per heavy atom. The third-order valence-electron chi connectivity index (χ3n) is 4.51. The van der Waals surface area contributed by atoms with Crippen molar-refractivity contribution in [3.8, 4) is 29.8 Å². The number of rotatable bonds is 3. The first-order valence-electron chi connectivity index (χ1n) is 9.71. The van der Waals surface area contributed by atoms with Crippen LogP contribution in [0.15, 0.2) is 60.7 Å². The second-order valence-corrected chi connectivity index (χ2v) is 6.80. The van der Waals surface area contributed by atoms with Gasteiger partial charge in [-0.3, -0.25) is 0 Å². The summed E-state index contributed by atoms with van der Waals surface area (Å²) in [6, 6.07) is 19.2. The third-order valence-corrected chi connectivity index (χ3v) is 4.51. The van der Waals surface area contributed by atoms with Crippen molar-refractivity contribution < 1.29 is 8.78 Å². The maximum atomic E-state index is 13.6. The number of nitriles is 1. The highest BCUT2D eigenvalue weighted by atomic mass is 19.1. The van der Waals surface area contributed by atoms with Gasteiger partial charge in [-0.25, -0.2) is 8.78 Å². The van der Waals surface area contributed by atoms with Crippen LogP contribution < -0.4 is 0 Å². The van der Waals surface area contributed by atoms with Gasteiger partial charge >= 0.3 is 0 Å². The van der Waals surface area contributed by atoms with E-state index in [0.717, 1.165) is 29.7 Å². The fraction of sp³-hybridized carbons (Fsp3) is 0.148. The van der Waals surface area contributed by atoms with Crippen LogP contribution in [0.2, 0.25) is 0 Å². The molecule has 0 atom stereocenters. The van der Waals surface area contributed by atoms with Gasteiger partial charge in [0, 0.05) is 22.3 Å². The summed E-state index contributed by atoms with van der Waals surface area (Å²) in [6.07, 6.45) is 3.47. The van der Waals surface area contributed by atoms with Crippen molar-refractivity contribution in [2.75, 3.05) is 0 Å². The van der Waals surface area contributed by atoms with E-state index in [9.17, 15) is 8.78 Å². The molecule has 0 N–H and O–H groups in total. The monoisotopic (exact) mass is 395 g/mol. The van der Waals surface area contributed by atoms with Crippen LogP contribution in [0.25, 0.3) is 0 Å². The van der Waals surface area contributed by atoms with Crippen LogP contribution in [0.5, 0.6) is 0 Å². The normalized spacial score (nSPS) is 9.67. The molecule has 0 aliphatic carbocycles. The molecule has 0 radical (unpaired) electrons. The van der Waals surface area contributed by atoms with Crippen LogP contribution in [0.1, 0.15) is 53.1 Å². The first-order chi connectivity index (χ1) is 14.6. The Kier molecular flexibility index (Phi) is 7.00. The van der Waals surface area contributed by atoms with Gasteiger partial charge in [0.05, 0.1) is 0 Å². The summed E-state index contributed by atoms with van der Waals surface area (Å²) in [4.78, 5) is 0. The Labute approximate surface area is 176 Å². The highest BCUT2D eigenvalue weighted by Crippen LogP contribution is 2.14. The number of unbranched alkanes of at least 4 members (excludes halogenated alkanes) is 1. The maximum Gasteiger partial charge on any atom is 0.145 e. The zero-order valence-electron chi connectivity index (χ0n) is 16.6. The number of aryl methyl sites for hydroxylation is 1. The maximum absolute atomic E-state index is 13.6. The van der Waals surface area contributed by atoms with E-state index in [4.69, 9.17) is 5.26 Å². The summed E-state index contributed by atoms with van der Waals surface area (Å²) in [5, 5.41) is 8.71. The lowest BCUT2D eigenvalue weighted by Crippen LogP contribution is -1.91. The van der Waals surface area contributed by atoms with Crippen molar-refractivity contribution in [3.05, 3.63) is 106 Å². The average Bonchev–Trinajstić information content (AvgIpc) is 2.76. The molecule has 0 unspecified atom stereocenters. The molecule has 0 saturated carbocycles. The van der Waals surface area contributed by atoms with E-state index in [2.05, 4.69) is 42.7 Å². The standard InChI is InChI=1S/C27H19F2N/c1-2-3-4-20-5-7-21(8-6-20)9-10-22-11-13-23(14-12-22)15-16-24-17-26(28)25(19-30)27(29)18-24/h5-8,11-14,17-18H,2-4H2,1H3. The first kappa shape index (κ1) is 20.9. The number of hydrogen-bond donors (Lipinski definition) is 0. The molecular formula is C27H19F2N. The summed E-state index contributed by atoms with van der Waals surface area (Å²) < 4.78 is 27.3. The van der Waals surface area contributed by atoms with Gasteiger partial charge in [0.2, 0.25) is 0 Å². The molecule has 0 heterocycles. The topological polar surface area (TPSA) is 23.8 Å². The summed E-state index contributed by atoms with van der Waals surface area (Å²) in [7, 11) is 0. The van der Waals surface area contributed by atoms with Crippen LogP contribution in [0.3, 0.4) is 0 Å². The number of benzene rings is 3. The fourth-order valence-electron chi connectivity index (χ4n) is 2.81. The number of hydrogen-bond acceptors (Lipinski definition) is 1. The zero-order chi connectivity index (χ0) is 21.3. The van der Waals surface area contributed by atoms with Crippen molar-refractivity contribution >= 4 is 0 Å². The molecule has 146 valence electrons. The smallest absolute Gasteiger partial charge is 0.145 e. The predicted octanol–water partition coefficient (Wildman–Crippen LogP) is 5.98. The van der Waals surface area contributed by atoms with Gasteiger partial charge in [0.1, 0.15) is 23.3 Å². The van der Waals surface area contributed by atoms with Gasteiger partial charge < -0.3 is 0 Å². The summed E-state index contributed by atoms with van der Waals surface area (Å²) >= 11 is 0. The predicted molar refractivity (Wildman–Crippen MR) is 115 cm³/mol. The Bertz CT molecular complexity index is 1170. The molecule has 0 aromatic heterocycles. The largest absolute Gasteiger partial charge is 0.205 e. The van der Waals surface area contributed by atoms with Crippen molar-refractivity contribution in [2.45, 2.75) is 26.2 Å². The Balaban J connectivity index is 1.69. The van der Waals surface area contributed by atoms with Gasteiger partial charge in [-0.15, -0.1) is 0 Å². The quantitative estimate of drug-likeness (QED) is 0.501. The van der Waals surface area contributed by atoms with Crippen molar-refractivity contribution in [2.24, 2.45) is 0 Å². The highest BCUT2D eigenvalue weighted by Gasteiger charge is 2.09. The van der Waals surface area contributed by atoms with E-state index in [1.54, 1.807) is 12.1 Å². The van der Waals surface area contributed by atoms with Gasteiger partial charge in [-0.2, -0.15) is 5.26 Å². The van der Waals surface area contributed by atoms with E-state index in [0.29, 0.717) is 5.56 Å². The minimum Gasteiger partial charge on any atom is -0.205 e. The molecule has 0 bridgehead atoms. The van der Waals surface area contributed by atoms with E-state index < -0.39 is 17.2 Å². The van der Waals surface area contributed by atoms with Crippen LogP contribution >= 0.6 is 0 Å². The molecule has 0 aliphatic heterocycles. The van der Waals surface area contributed by atoms with Crippen molar-refractivity contribution in [1.82, 2.24) is 0 Å². The number of halogens is 2. The second-order valence-electron chi connectivity index (χ2n) is 6.80.